The van der Waals surface area contributed by atoms with Gasteiger partial charge in [0.25, 0.3) is 5.56 Å². The fourth-order valence-corrected chi connectivity index (χ4v) is 3.38. The average molecular weight is 410 g/mol. The Bertz CT molecular complexity index is 1080. The second kappa shape index (κ2) is 8.19. The third kappa shape index (κ3) is 3.89. The zero-order valence-electron chi connectivity index (χ0n) is 15.2. The van der Waals surface area contributed by atoms with Gasteiger partial charge in [0.05, 0.1) is 17.3 Å². The number of halogens is 2. The summed E-state index contributed by atoms with van der Waals surface area (Å²) in [5.74, 6) is 0.643. The van der Waals surface area contributed by atoms with Crippen LogP contribution in [0.3, 0.4) is 0 Å². The lowest BCUT2D eigenvalue weighted by Gasteiger charge is -2.10. The number of nitrogens with zero attached hydrogens (tertiary/aromatic N) is 3. The largest absolute Gasteiger partial charge is 0.377 e. The van der Waals surface area contributed by atoms with Crippen molar-refractivity contribution in [2.75, 3.05) is 5.32 Å². The summed E-state index contributed by atoms with van der Waals surface area (Å²) in [6.07, 6.45) is 1.76. The maximum absolute atomic E-state index is 12.4. The number of rotatable bonds is 7. The van der Waals surface area contributed by atoms with Crippen molar-refractivity contribution in [2.24, 2.45) is 0 Å². The molecule has 0 radical (unpaired) electrons. The van der Waals surface area contributed by atoms with Gasteiger partial charge in [-0.15, -0.1) is 0 Å². The summed E-state index contributed by atoms with van der Waals surface area (Å²) < 4.78 is 3.34. The molecule has 2 N–H and O–H groups in total. The summed E-state index contributed by atoms with van der Waals surface area (Å²) in [6, 6.07) is 5.15. The van der Waals surface area contributed by atoms with Crippen molar-refractivity contribution in [3.63, 3.8) is 0 Å². The smallest absolute Gasteiger partial charge is 0.330 e. The van der Waals surface area contributed by atoms with Crippen LogP contribution in [0.2, 0.25) is 10.0 Å². The lowest BCUT2D eigenvalue weighted by molar-refractivity contribution is 0.613. The van der Waals surface area contributed by atoms with E-state index in [0.717, 1.165) is 12.8 Å². The Morgan fingerprint density at radius 2 is 1.96 bits per heavy atom. The van der Waals surface area contributed by atoms with E-state index in [0.29, 0.717) is 52.4 Å². The molecule has 2 heterocycles. The maximum atomic E-state index is 12.4. The number of aromatic amines is 1. The van der Waals surface area contributed by atoms with Crippen LogP contribution in [0.1, 0.15) is 32.5 Å². The third-order valence-electron chi connectivity index (χ3n) is 4.38. The fourth-order valence-electron chi connectivity index (χ4n) is 3.02. The number of hydrogen-bond acceptors (Lipinski definition) is 4. The molecule has 0 bridgehead atoms. The monoisotopic (exact) mass is 409 g/mol. The van der Waals surface area contributed by atoms with Crippen LogP contribution in [0.25, 0.3) is 11.2 Å². The van der Waals surface area contributed by atoms with Crippen molar-refractivity contribution < 1.29 is 0 Å². The van der Waals surface area contributed by atoms with Gasteiger partial charge in [0.1, 0.15) is 5.82 Å². The summed E-state index contributed by atoms with van der Waals surface area (Å²) in [5, 5.41) is 4.31. The number of hydrogen-bond donors (Lipinski definition) is 2. The zero-order chi connectivity index (χ0) is 19.6. The Morgan fingerprint density at radius 1 is 1.19 bits per heavy atom. The standard InChI is InChI=1S/C18H21Cl2N5O2/c1-3-5-8-25-16-15(17(26)23-18(25)27)24(4-2)14(22-16)10-21-13-9-11(19)6-7-12(13)20/h6-7,9,21H,3-5,8,10H2,1-2H3,(H,23,26,27). The molecule has 0 aliphatic carbocycles. The second-order valence-electron chi connectivity index (χ2n) is 6.19. The fraction of sp³-hybridized carbons (Fsp3) is 0.389. The number of H-pyrrole nitrogens is 1. The summed E-state index contributed by atoms with van der Waals surface area (Å²) in [7, 11) is 0. The minimum atomic E-state index is -0.431. The second-order valence-corrected chi connectivity index (χ2v) is 7.03. The molecule has 3 rings (SSSR count). The van der Waals surface area contributed by atoms with Gasteiger partial charge in [-0.1, -0.05) is 36.5 Å². The van der Waals surface area contributed by atoms with Gasteiger partial charge in [-0.3, -0.25) is 14.3 Å². The van der Waals surface area contributed by atoms with Gasteiger partial charge in [-0.2, -0.15) is 0 Å². The first-order valence-corrected chi connectivity index (χ1v) is 9.63. The summed E-state index contributed by atoms with van der Waals surface area (Å²) >= 11 is 12.2. The van der Waals surface area contributed by atoms with Gasteiger partial charge in [0.15, 0.2) is 11.2 Å². The van der Waals surface area contributed by atoms with E-state index in [1.54, 1.807) is 18.2 Å². The number of aromatic nitrogens is 4. The molecule has 0 fully saturated rings. The number of anilines is 1. The SMILES string of the molecule is CCCCn1c(=O)[nH]c(=O)c2c1nc(CNc1cc(Cl)ccc1Cl)n2CC. The van der Waals surface area contributed by atoms with Crippen LogP contribution >= 0.6 is 23.2 Å². The van der Waals surface area contributed by atoms with Crippen LogP contribution in [0.5, 0.6) is 0 Å². The van der Waals surface area contributed by atoms with Crippen molar-refractivity contribution in [1.29, 1.82) is 0 Å². The van der Waals surface area contributed by atoms with Crippen LogP contribution < -0.4 is 16.6 Å². The number of benzene rings is 1. The summed E-state index contributed by atoms with van der Waals surface area (Å²) in [5.41, 5.74) is 0.634. The number of fused-ring (bicyclic) bond motifs is 1. The van der Waals surface area contributed by atoms with Gasteiger partial charge < -0.3 is 9.88 Å². The molecule has 0 spiro atoms. The van der Waals surface area contributed by atoms with Gasteiger partial charge >= 0.3 is 5.69 Å². The molecule has 0 amide bonds. The number of aryl methyl sites for hydroxylation is 2. The average Bonchev–Trinajstić information content (AvgIpc) is 3.01. The molecule has 0 unspecified atom stereocenters. The van der Waals surface area contributed by atoms with E-state index in [1.807, 2.05) is 18.4 Å². The van der Waals surface area contributed by atoms with E-state index >= 15 is 0 Å². The number of nitrogens with one attached hydrogen (secondary N) is 2. The first kappa shape index (κ1) is 19.5. The van der Waals surface area contributed by atoms with Gasteiger partial charge in [0.2, 0.25) is 0 Å². The normalized spacial score (nSPS) is 11.3. The van der Waals surface area contributed by atoms with Crippen LogP contribution in [-0.2, 0) is 19.6 Å². The number of unbranched alkanes of at least 4 members (excludes halogenated alkanes) is 1. The first-order valence-electron chi connectivity index (χ1n) is 8.87. The Kier molecular flexibility index (Phi) is 5.92. The van der Waals surface area contributed by atoms with E-state index in [9.17, 15) is 9.59 Å². The summed E-state index contributed by atoms with van der Waals surface area (Å²) in [6.45, 7) is 5.37. The van der Waals surface area contributed by atoms with Gasteiger partial charge in [0, 0.05) is 18.1 Å². The molecule has 3 aromatic rings. The van der Waals surface area contributed by atoms with E-state index in [4.69, 9.17) is 23.2 Å². The zero-order valence-corrected chi connectivity index (χ0v) is 16.7. The highest BCUT2D eigenvalue weighted by Crippen LogP contribution is 2.26. The Labute approximate surface area is 165 Å². The predicted molar refractivity (Wildman–Crippen MR) is 109 cm³/mol. The van der Waals surface area contributed by atoms with E-state index in [1.165, 1.54) is 4.57 Å². The molecular weight excluding hydrogens is 389 g/mol. The predicted octanol–water partition coefficient (Wildman–Crippen LogP) is 3.63. The minimum absolute atomic E-state index is 0.337. The topological polar surface area (TPSA) is 84.7 Å². The third-order valence-corrected chi connectivity index (χ3v) is 4.95. The summed E-state index contributed by atoms with van der Waals surface area (Å²) in [4.78, 5) is 31.6. The Hall–Kier alpha value is -2.25. The van der Waals surface area contributed by atoms with E-state index in [2.05, 4.69) is 15.3 Å². The molecule has 144 valence electrons. The Balaban J connectivity index is 2.05. The molecule has 0 aliphatic heterocycles. The highest BCUT2D eigenvalue weighted by atomic mass is 35.5. The van der Waals surface area contributed by atoms with Crippen LogP contribution in [-0.4, -0.2) is 19.1 Å². The van der Waals surface area contributed by atoms with E-state index in [-0.39, 0.29) is 0 Å². The van der Waals surface area contributed by atoms with Gasteiger partial charge in [-0.25, -0.2) is 9.78 Å². The minimum Gasteiger partial charge on any atom is -0.377 e. The highest BCUT2D eigenvalue weighted by molar-refractivity contribution is 6.35. The molecule has 27 heavy (non-hydrogen) atoms. The van der Waals surface area contributed by atoms with Crippen LogP contribution in [0.15, 0.2) is 27.8 Å². The van der Waals surface area contributed by atoms with Crippen molar-refractivity contribution in [1.82, 2.24) is 19.1 Å². The van der Waals surface area contributed by atoms with Gasteiger partial charge in [-0.05, 0) is 31.5 Å². The molecule has 1 aromatic carbocycles. The quantitative estimate of drug-likeness (QED) is 0.623. The lowest BCUT2D eigenvalue weighted by atomic mass is 10.3. The molecule has 0 aliphatic rings. The maximum Gasteiger partial charge on any atom is 0.330 e. The van der Waals surface area contributed by atoms with Crippen molar-refractivity contribution in [3.05, 3.63) is 54.9 Å². The number of imidazole rings is 1. The molecular formula is C18H21Cl2N5O2. The highest BCUT2D eigenvalue weighted by Gasteiger charge is 2.17. The molecule has 0 atom stereocenters. The van der Waals surface area contributed by atoms with Crippen molar-refractivity contribution in [2.45, 2.75) is 46.3 Å². The molecule has 9 heteroatoms. The van der Waals surface area contributed by atoms with Crippen LogP contribution in [0.4, 0.5) is 5.69 Å². The molecule has 7 nitrogen and oxygen atoms in total. The van der Waals surface area contributed by atoms with Crippen molar-refractivity contribution in [3.8, 4) is 0 Å². The molecule has 0 saturated heterocycles. The molecule has 2 aromatic heterocycles. The van der Waals surface area contributed by atoms with E-state index < -0.39 is 11.2 Å². The molecule has 0 saturated carbocycles. The first-order chi connectivity index (χ1) is 13.0. The van der Waals surface area contributed by atoms with Crippen molar-refractivity contribution >= 4 is 40.1 Å². The Morgan fingerprint density at radius 3 is 2.67 bits per heavy atom. The van der Waals surface area contributed by atoms with Crippen LogP contribution in [0, 0.1) is 0 Å². The lowest BCUT2D eigenvalue weighted by Crippen LogP contribution is -2.31.